The molecule has 7 nitrogen and oxygen atoms in total. The fourth-order valence-corrected chi connectivity index (χ4v) is 2.11. The lowest BCUT2D eigenvalue weighted by atomic mass is 10.3. The van der Waals surface area contributed by atoms with Gasteiger partial charge in [0.05, 0.1) is 11.0 Å². The van der Waals surface area contributed by atoms with E-state index in [1.807, 2.05) is 0 Å². The zero-order valence-corrected chi connectivity index (χ0v) is 10.8. The van der Waals surface area contributed by atoms with E-state index in [9.17, 15) is 18.5 Å². The van der Waals surface area contributed by atoms with E-state index in [-0.39, 0.29) is 17.2 Å². The molecule has 0 radical (unpaired) electrons. The maximum absolute atomic E-state index is 11.2. The summed E-state index contributed by atoms with van der Waals surface area (Å²) >= 11 is 0. The Bertz CT molecular complexity index is 742. The van der Waals surface area contributed by atoms with Crippen molar-refractivity contribution in [3.05, 3.63) is 58.6 Å². The van der Waals surface area contributed by atoms with Crippen molar-refractivity contribution < 1.29 is 22.6 Å². The van der Waals surface area contributed by atoms with Gasteiger partial charge >= 0.3 is 0 Å². The molecule has 0 aliphatic rings. The normalized spacial score (nSPS) is 11.1. The summed E-state index contributed by atoms with van der Waals surface area (Å²) in [7, 11) is -4.54. The first-order chi connectivity index (χ1) is 9.38. The van der Waals surface area contributed by atoms with Crippen molar-refractivity contribution >= 4 is 15.8 Å². The number of rotatable bonds is 4. The molecule has 0 amide bonds. The maximum atomic E-state index is 11.2. The first-order valence-electron chi connectivity index (χ1n) is 5.37. The summed E-state index contributed by atoms with van der Waals surface area (Å²) in [5.41, 5.74) is -0.344. The average Bonchev–Trinajstić information content (AvgIpc) is 2.38. The number of ether oxygens (including phenoxy) is 1. The predicted octanol–water partition coefficient (Wildman–Crippen LogP) is 2.63. The molecule has 0 aromatic heterocycles. The Kier molecular flexibility index (Phi) is 3.68. The molecule has 0 spiro atoms. The molecular formula is C12H9NO6S. The van der Waals surface area contributed by atoms with Crippen molar-refractivity contribution in [3.8, 4) is 11.5 Å². The van der Waals surface area contributed by atoms with Crippen LogP contribution in [-0.4, -0.2) is 17.9 Å². The van der Waals surface area contributed by atoms with Gasteiger partial charge in [0.15, 0.2) is 5.75 Å². The highest BCUT2D eigenvalue weighted by Crippen LogP contribution is 2.32. The van der Waals surface area contributed by atoms with Gasteiger partial charge in [-0.3, -0.25) is 14.7 Å². The SMILES string of the molecule is O=[N+]([O-])c1ccc(S(=O)(=O)O)c(Oc2ccccc2)c1. The van der Waals surface area contributed by atoms with Crippen molar-refractivity contribution in [3.63, 3.8) is 0 Å². The molecule has 2 rings (SSSR count). The average molecular weight is 295 g/mol. The van der Waals surface area contributed by atoms with Crippen LogP contribution in [0, 0.1) is 10.1 Å². The smallest absolute Gasteiger partial charge is 0.298 e. The molecule has 0 aliphatic carbocycles. The van der Waals surface area contributed by atoms with E-state index < -0.39 is 19.9 Å². The summed E-state index contributed by atoms with van der Waals surface area (Å²) < 4.78 is 36.8. The van der Waals surface area contributed by atoms with Gasteiger partial charge in [-0.1, -0.05) is 18.2 Å². The Morgan fingerprint density at radius 3 is 2.30 bits per heavy atom. The number of nitro groups is 1. The van der Waals surface area contributed by atoms with Crippen molar-refractivity contribution in [1.29, 1.82) is 0 Å². The molecular weight excluding hydrogens is 286 g/mol. The molecule has 1 N–H and O–H groups in total. The lowest BCUT2D eigenvalue weighted by Crippen LogP contribution is -2.02. The second-order valence-corrected chi connectivity index (χ2v) is 5.17. The van der Waals surface area contributed by atoms with Gasteiger partial charge in [0.2, 0.25) is 0 Å². The third-order valence-electron chi connectivity index (χ3n) is 2.39. The summed E-state index contributed by atoms with van der Waals surface area (Å²) in [6, 6.07) is 11.0. The first kappa shape index (κ1) is 14.0. The van der Waals surface area contributed by atoms with Gasteiger partial charge in [0.1, 0.15) is 10.6 Å². The third kappa shape index (κ3) is 3.11. The molecule has 0 fully saturated rings. The number of hydrogen-bond acceptors (Lipinski definition) is 5. The van der Waals surface area contributed by atoms with Crippen LogP contribution in [0.5, 0.6) is 11.5 Å². The minimum atomic E-state index is -4.54. The lowest BCUT2D eigenvalue weighted by Gasteiger charge is -2.09. The van der Waals surface area contributed by atoms with Crippen LogP contribution in [0.3, 0.4) is 0 Å². The molecule has 0 unspecified atom stereocenters. The summed E-state index contributed by atoms with van der Waals surface area (Å²) in [5, 5.41) is 10.7. The zero-order valence-electron chi connectivity index (χ0n) is 9.96. The molecule has 2 aromatic rings. The van der Waals surface area contributed by atoms with Crippen LogP contribution in [0.1, 0.15) is 0 Å². The van der Waals surface area contributed by atoms with Crippen LogP contribution < -0.4 is 4.74 Å². The molecule has 0 saturated heterocycles. The number of nitro benzene ring substituents is 1. The highest BCUT2D eigenvalue weighted by molar-refractivity contribution is 7.86. The standard InChI is InChI=1S/C12H9NO6S/c14-13(15)9-6-7-12(20(16,17)18)11(8-9)19-10-4-2-1-3-5-10/h1-8H,(H,16,17,18). The van der Waals surface area contributed by atoms with E-state index in [1.54, 1.807) is 30.3 Å². The zero-order chi connectivity index (χ0) is 14.8. The molecule has 0 aliphatic heterocycles. The largest absolute Gasteiger partial charge is 0.456 e. The van der Waals surface area contributed by atoms with Gasteiger partial charge in [-0.25, -0.2) is 0 Å². The molecule has 8 heteroatoms. The lowest BCUT2D eigenvalue weighted by molar-refractivity contribution is -0.385. The monoisotopic (exact) mass is 295 g/mol. The summed E-state index contributed by atoms with van der Waals surface area (Å²) in [6.45, 7) is 0. The van der Waals surface area contributed by atoms with E-state index in [2.05, 4.69) is 0 Å². The second-order valence-electron chi connectivity index (χ2n) is 3.78. The Labute approximate surface area is 114 Å². The summed E-state index contributed by atoms with van der Waals surface area (Å²) in [4.78, 5) is 9.48. The van der Waals surface area contributed by atoms with E-state index in [4.69, 9.17) is 9.29 Å². The Balaban J connectivity index is 2.53. The molecule has 2 aromatic carbocycles. The summed E-state index contributed by atoms with van der Waals surface area (Å²) in [5.74, 6) is -0.0224. The number of non-ortho nitro benzene ring substituents is 1. The first-order valence-corrected chi connectivity index (χ1v) is 6.81. The van der Waals surface area contributed by atoms with E-state index >= 15 is 0 Å². The minimum Gasteiger partial charge on any atom is -0.456 e. The number of hydrogen-bond donors (Lipinski definition) is 1. The number of nitrogens with zero attached hydrogens (tertiary/aromatic N) is 1. The number of para-hydroxylation sites is 1. The van der Waals surface area contributed by atoms with Crippen LogP contribution in [0.25, 0.3) is 0 Å². The van der Waals surface area contributed by atoms with Gasteiger partial charge in [0, 0.05) is 6.07 Å². The Morgan fingerprint density at radius 1 is 1.10 bits per heavy atom. The Morgan fingerprint density at radius 2 is 1.75 bits per heavy atom. The van der Waals surface area contributed by atoms with Gasteiger partial charge in [0.25, 0.3) is 15.8 Å². The van der Waals surface area contributed by atoms with E-state index in [0.29, 0.717) is 0 Å². The van der Waals surface area contributed by atoms with Crippen molar-refractivity contribution in [2.45, 2.75) is 4.90 Å². The van der Waals surface area contributed by atoms with Gasteiger partial charge in [-0.05, 0) is 18.2 Å². The molecule has 0 atom stereocenters. The van der Waals surface area contributed by atoms with Crippen LogP contribution in [0.2, 0.25) is 0 Å². The molecule has 104 valence electrons. The van der Waals surface area contributed by atoms with E-state index in [1.165, 1.54) is 0 Å². The van der Waals surface area contributed by atoms with Crippen LogP contribution in [0.4, 0.5) is 5.69 Å². The minimum absolute atomic E-state index is 0.290. The fraction of sp³-hybridized carbons (Fsp3) is 0. The fourth-order valence-electron chi connectivity index (χ4n) is 1.52. The van der Waals surface area contributed by atoms with Crippen molar-refractivity contribution in [2.75, 3.05) is 0 Å². The predicted molar refractivity (Wildman–Crippen MR) is 69.4 cm³/mol. The van der Waals surface area contributed by atoms with Crippen LogP contribution >= 0.6 is 0 Å². The highest BCUT2D eigenvalue weighted by atomic mass is 32.2. The van der Waals surface area contributed by atoms with Gasteiger partial charge < -0.3 is 4.74 Å². The second kappa shape index (κ2) is 5.27. The molecule has 0 bridgehead atoms. The van der Waals surface area contributed by atoms with Crippen molar-refractivity contribution in [2.24, 2.45) is 0 Å². The van der Waals surface area contributed by atoms with E-state index in [0.717, 1.165) is 18.2 Å². The highest BCUT2D eigenvalue weighted by Gasteiger charge is 2.21. The quantitative estimate of drug-likeness (QED) is 0.528. The van der Waals surface area contributed by atoms with Crippen molar-refractivity contribution in [1.82, 2.24) is 0 Å². The van der Waals surface area contributed by atoms with Crippen LogP contribution in [-0.2, 0) is 10.1 Å². The maximum Gasteiger partial charge on any atom is 0.298 e. The van der Waals surface area contributed by atoms with Gasteiger partial charge in [-0.2, -0.15) is 8.42 Å². The Hall–Kier alpha value is -2.45. The molecule has 0 heterocycles. The third-order valence-corrected chi connectivity index (χ3v) is 3.28. The molecule has 0 saturated carbocycles. The summed E-state index contributed by atoms with van der Waals surface area (Å²) in [6.07, 6.45) is 0. The van der Waals surface area contributed by atoms with Gasteiger partial charge in [-0.15, -0.1) is 0 Å². The topological polar surface area (TPSA) is 107 Å². The number of benzene rings is 2. The van der Waals surface area contributed by atoms with Crippen LogP contribution in [0.15, 0.2) is 53.4 Å². The molecule has 20 heavy (non-hydrogen) atoms.